The first-order chi connectivity index (χ1) is 7.86. The molecule has 0 aliphatic rings. The maximum atomic E-state index is 9.88. The lowest BCUT2D eigenvalue weighted by Gasteiger charge is -2.11. The van der Waals surface area contributed by atoms with E-state index in [2.05, 4.69) is 10.3 Å². The fourth-order valence-corrected chi connectivity index (χ4v) is 1.61. The number of H-pyrrole nitrogens is 1. The number of aliphatic hydroxyl groups excluding tert-OH is 1. The smallest absolute Gasteiger partial charge is 0.0914 e. The van der Waals surface area contributed by atoms with Crippen LogP contribution in [0.4, 0.5) is 0 Å². The van der Waals surface area contributed by atoms with E-state index in [9.17, 15) is 5.11 Å². The predicted molar refractivity (Wildman–Crippen MR) is 63.9 cm³/mol. The zero-order valence-corrected chi connectivity index (χ0v) is 9.06. The second kappa shape index (κ2) is 5.49. The van der Waals surface area contributed by atoms with Gasteiger partial charge in [-0.05, 0) is 17.7 Å². The van der Waals surface area contributed by atoms with Crippen molar-refractivity contribution in [3.63, 3.8) is 0 Å². The molecule has 0 spiro atoms. The van der Waals surface area contributed by atoms with Gasteiger partial charge in [-0.2, -0.15) is 0 Å². The fraction of sp³-hybridized carbons (Fsp3) is 0.231. The van der Waals surface area contributed by atoms with Gasteiger partial charge in [0.25, 0.3) is 0 Å². The lowest BCUT2D eigenvalue weighted by atomic mass is 10.1. The van der Waals surface area contributed by atoms with Crippen LogP contribution < -0.4 is 5.32 Å². The molecule has 2 aromatic rings. The number of nitrogens with one attached hydrogen (secondary N) is 2. The summed E-state index contributed by atoms with van der Waals surface area (Å²) in [4.78, 5) is 3.11. The van der Waals surface area contributed by atoms with Gasteiger partial charge >= 0.3 is 0 Å². The molecule has 1 atom stereocenters. The molecule has 0 saturated heterocycles. The highest BCUT2D eigenvalue weighted by molar-refractivity contribution is 5.17. The van der Waals surface area contributed by atoms with Crippen LogP contribution in [0.15, 0.2) is 48.7 Å². The third-order valence-corrected chi connectivity index (χ3v) is 2.50. The second-order valence-electron chi connectivity index (χ2n) is 3.75. The van der Waals surface area contributed by atoms with Crippen molar-refractivity contribution in [2.45, 2.75) is 12.6 Å². The largest absolute Gasteiger partial charge is 0.387 e. The van der Waals surface area contributed by atoms with Gasteiger partial charge in [0.15, 0.2) is 0 Å². The van der Waals surface area contributed by atoms with Gasteiger partial charge in [0.1, 0.15) is 0 Å². The Bertz CT molecular complexity index is 397. The normalized spacial score (nSPS) is 12.6. The molecule has 1 unspecified atom stereocenters. The molecule has 0 bridgehead atoms. The molecule has 16 heavy (non-hydrogen) atoms. The van der Waals surface area contributed by atoms with Gasteiger partial charge in [-0.3, -0.25) is 0 Å². The Hall–Kier alpha value is -1.58. The van der Waals surface area contributed by atoms with Gasteiger partial charge in [0.2, 0.25) is 0 Å². The van der Waals surface area contributed by atoms with E-state index < -0.39 is 6.10 Å². The van der Waals surface area contributed by atoms with Crippen LogP contribution in [0.3, 0.4) is 0 Å². The lowest BCUT2D eigenvalue weighted by molar-refractivity contribution is 0.174. The molecule has 0 aliphatic carbocycles. The molecular weight excluding hydrogens is 200 g/mol. The molecular formula is C13H16N2O. The minimum atomic E-state index is -0.448. The summed E-state index contributed by atoms with van der Waals surface area (Å²) in [6, 6.07) is 13.7. The van der Waals surface area contributed by atoms with Crippen LogP contribution in [0, 0.1) is 0 Å². The van der Waals surface area contributed by atoms with Crippen LogP contribution in [0.25, 0.3) is 0 Å². The molecule has 2 rings (SSSR count). The van der Waals surface area contributed by atoms with Crippen LogP contribution in [0.5, 0.6) is 0 Å². The maximum absolute atomic E-state index is 9.88. The van der Waals surface area contributed by atoms with E-state index in [0.717, 1.165) is 17.8 Å². The predicted octanol–water partition coefficient (Wildman–Crippen LogP) is 1.84. The van der Waals surface area contributed by atoms with E-state index in [1.54, 1.807) is 0 Å². The zero-order chi connectivity index (χ0) is 11.2. The highest BCUT2D eigenvalue weighted by Crippen LogP contribution is 2.10. The number of hydrogen-bond donors (Lipinski definition) is 3. The van der Waals surface area contributed by atoms with Gasteiger partial charge < -0.3 is 15.4 Å². The van der Waals surface area contributed by atoms with Crippen molar-refractivity contribution in [3.05, 3.63) is 59.9 Å². The summed E-state index contributed by atoms with van der Waals surface area (Å²) in [5, 5.41) is 13.1. The first-order valence-electron chi connectivity index (χ1n) is 5.42. The molecule has 0 amide bonds. The van der Waals surface area contributed by atoms with Crippen molar-refractivity contribution in [1.82, 2.24) is 10.3 Å². The molecule has 84 valence electrons. The summed E-state index contributed by atoms with van der Waals surface area (Å²) in [7, 11) is 0. The quantitative estimate of drug-likeness (QED) is 0.714. The third kappa shape index (κ3) is 2.95. The van der Waals surface area contributed by atoms with Gasteiger partial charge in [-0.15, -0.1) is 0 Å². The van der Waals surface area contributed by atoms with Gasteiger partial charge in [-0.25, -0.2) is 0 Å². The van der Waals surface area contributed by atoms with Gasteiger partial charge in [0.05, 0.1) is 6.10 Å². The van der Waals surface area contributed by atoms with Crippen molar-refractivity contribution in [2.24, 2.45) is 0 Å². The summed E-state index contributed by atoms with van der Waals surface area (Å²) in [6.07, 6.45) is 1.45. The molecule has 0 fully saturated rings. The molecule has 3 nitrogen and oxygen atoms in total. The van der Waals surface area contributed by atoms with Crippen molar-refractivity contribution < 1.29 is 5.11 Å². The lowest BCUT2D eigenvalue weighted by Crippen LogP contribution is -2.21. The van der Waals surface area contributed by atoms with E-state index in [-0.39, 0.29) is 0 Å². The molecule has 1 heterocycles. The molecule has 0 aliphatic heterocycles. The van der Waals surface area contributed by atoms with E-state index in [1.165, 1.54) is 0 Å². The summed E-state index contributed by atoms with van der Waals surface area (Å²) < 4.78 is 0. The number of aromatic amines is 1. The van der Waals surface area contributed by atoms with Crippen LogP contribution in [0.1, 0.15) is 17.4 Å². The number of rotatable bonds is 5. The van der Waals surface area contributed by atoms with Gasteiger partial charge in [0, 0.05) is 25.0 Å². The van der Waals surface area contributed by atoms with E-state index in [1.807, 2.05) is 48.7 Å². The Labute approximate surface area is 95.1 Å². The highest BCUT2D eigenvalue weighted by Gasteiger charge is 2.05. The molecule has 1 aromatic heterocycles. The zero-order valence-electron chi connectivity index (χ0n) is 9.06. The van der Waals surface area contributed by atoms with E-state index >= 15 is 0 Å². The van der Waals surface area contributed by atoms with Crippen LogP contribution in [-0.4, -0.2) is 16.6 Å². The van der Waals surface area contributed by atoms with Crippen LogP contribution in [-0.2, 0) is 6.54 Å². The SMILES string of the molecule is OC(CNCc1ccc[nH]1)c1ccccc1. The Morgan fingerprint density at radius 1 is 1.12 bits per heavy atom. The third-order valence-electron chi connectivity index (χ3n) is 2.50. The number of aromatic nitrogens is 1. The Kier molecular flexibility index (Phi) is 3.75. The minimum Gasteiger partial charge on any atom is -0.387 e. The summed E-state index contributed by atoms with van der Waals surface area (Å²) in [6.45, 7) is 1.31. The maximum Gasteiger partial charge on any atom is 0.0914 e. The highest BCUT2D eigenvalue weighted by atomic mass is 16.3. The molecule has 0 saturated carbocycles. The number of aliphatic hydroxyl groups is 1. The minimum absolute atomic E-state index is 0.448. The van der Waals surface area contributed by atoms with E-state index in [0.29, 0.717) is 6.54 Å². The van der Waals surface area contributed by atoms with Crippen molar-refractivity contribution in [2.75, 3.05) is 6.54 Å². The van der Waals surface area contributed by atoms with Crippen LogP contribution in [0.2, 0.25) is 0 Å². The summed E-state index contributed by atoms with van der Waals surface area (Å²) in [5.74, 6) is 0. The van der Waals surface area contributed by atoms with Gasteiger partial charge in [-0.1, -0.05) is 30.3 Å². The standard InChI is InChI=1S/C13H16N2O/c16-13(11-5-2-1-3-6-11)10-14-9-12-7-4-8-15-12/h1-8,13-16H,9-10H2. The average Bonchev–Trinajstić information content (AvgIpc) is 2.83. The number of benzene rings is 1. The Morgan fingerprint density at radius 3 is 2.62 bits per heavy atom. The molecule has 1 aromatic carbocycles. The molecule has 3 N–H and O–H groups in total. The van der Waals surface area contributed by atoms with E-state index in [4.69, 9.17) is 0 Å². The second-order valence-corrected chi connectivity index (χ2v) is 3.75. The fourth-order valence-electron chi connectivity index (χ4n) is 1.61. The number of hydrogen-bond acceptors (Lipinski definition) is 2. The Balaban J connectivity index is 1.78. The Morgan fingerprint density at radius 2 is 1.94 bits per heavy atom. The topological polar surface area (TPSA) is 48.0 Å². The van der Waals surface area contributed by atoms with Crippen molar-refractivity contribution in [3.8, 4) is 0 Å². The molecule has 3 heteroatoms. The first-order valence-corrected chi connectivity index (χ1v) is 5.42. The van der Waals surface area contributed by atoms with Crippen molar-refractivity contribution in [1.29, 1.82) is 0 Å². The average molecular weight is 216 g/mol. The molecule has 0 radical (unpaired) electrons. The summed E-state index contributed by atoms with van der Waals surface area (Å²) >= 11 is 0. The van der Waals surface area contributed by atoms with Crippen LogP contribution >= 0.6 is 0 Å². The first kappa shape index (κ1) is 10.9. The summed E-state index contributed by atoms with van der Waals surface area (Å²) in [5.41, 5.74) is 2.07. The monoisotopic (exact) mass is 216 g/mol. The van der Waals surface area contributed by atoms with Crippen molar-refractivity contribution >= 4 is 0 Å².